The first-order valence-electron chi connectivity index (χ1n) is 8.54. The van der Waals surface area contributed by atoms with E-state index < -0.39 is 84.5 Å². The Labute approximate surface area is 191 Å². The van der Waals surface area contributed by atoms with Crippen molar-refractivity contribution < 1.29 is 106 Å². The molecular weight excluding hydrogens is 621 g/mol. The normalized spacial score (nSPS) is 20.1. The van der Waals surface area contributed by atoms with Gasteiger partial charge in [0.05, 0.1) is 12.7 Å². The van der Waals surface area contributed by atoms with E-state index in [4.69, 9.17) is 0 Å². The zero-order valence-corrected chi connectivity index (χ0v) is 16.6. The third-order valence-corrected chi connectivity index (χ3v) is 4.86. The summed E-state index contributed by atoms with van der Waals surface area (Å²) in [6.45, 7) is -0.972. The molecule has 1 atom stereocenters. The fraction of sp³-hybridized carbons (Fsp3) is 1.00. The molecule has 0 amide bonds. The summed E-state index contributed by atoms with van der Waals surface area (Å²) < 4.78 is 307. The van der Waals surface area contributed by atoms with Crippen molar-refractivity contribution in [1.29, 1.82) is 0 Å². The Bertz CT molecular complexity index is 877. The zero-order valence-electron chi connectivity index (χ0n) is 16.6. The van der Waals surface area contributed by atoms with E-state index in [-0.39, 0.29) is 0 Å². The second kappa shape index (κ2) is 8.43. The van der Waals surface area contributed by atoms with E-state index in [1.165, 1.54) is 0 Å². The molecule has 0 aromatic heterocycles. The molecular formula is C14H5F23O. The van der Waals surface area contributed by atoms with Gasteiger partial charge in [0.2, 0.25) is 0 Å². The number of hydrogen-bond donors (Lipinski definition) is 0. The highest BCUT2D eigenvalue weighted by molar-refractivity contribution is 5.19. The third kappa shape index (κ3) is 4.12. The first kappa shape index (κ1) is 34.4. The van der Waals surface area contributed by atoms with Crippen molar-refractivity contribution in [3.63, 3.8) is 0 Å². The lowest BCUT2D eigenvalue weighted by Crippen LogP contribution is -2.77. The molecule has 0 bridgehead atoms. The molecule has 24 heteroatoms. The summed E-state index contributed by atoms with van der Waals surface area (Å²) in [4.78, 5) is 0. The van der Waals surface area contributed by atoms with Gasteiger partial charge in [-0.2, -0.15) is 101 Å². The van der Waals surface area contributed by atoms with Gasteiger partial charge in [-0.1, -0.05) is 0 Å². The Morgan fingerprint density at radius 2 is 0.579 bits per heavy atom. The molecule has 1 heterocycles. The fourth-order valence-electron chi connectivity index (χ4n) is 2.39. The van der Waals surface area contributed by atoms with Gasteiger partial charge in [-0.05, 0) is 0 Å². The van der Waals surface area contributed by atoms with Crippen molar-refractivity contribution in [2.45, 2.75) is 77.9 Å². The van der Waals surface area contributed by atoms with E-state index >= 15 is 0 Å². The van der Waals surface area contributed by atoms with Crippen LogP contribution in [0.3, 0.4) is 0 Å². The molecule has 0 spiro atoms. The van der Waals surface area contributed by atoms with Crippen LogP contribution >= 0.6 is 0 Å². The molecule has 1 aliphatic heterocycles. The number of ether oxygens (including phenoxy) is 1. The number of halogens is 23. The summed E-state index contributed by atoms with van der Waals surface area (Å²) in [6, 6.07) is 0. The van der Waals surface area contributed by atoms with Gasteiger partial charge in [-0.25, -0.2) is 0 Å². The van der Waals surface area contributed by atoms with Gasteiger partial charge >= 0.3 is 65.4 Å². The molecule has 0 saturated carbocycles. The predicted octanol–water partition coefficient (Wildman–Crippen LogP) is 7.69. The van der Waals surface area contributed by atoms with Crippen LogP contribution in [-0.2, 0) is 4.74 Å². The first-order chi connectivity index (χ1) is 16.1. The van der Waals surface area contributed by atoms with Gasteiger partial charge in [0.25, 0.3) is 0 Å². The molecule has 1 aliphatic rings. The largest absolute Gasteiger partial charge is 0.460 e. The van der Waals surface area contributed by atoms with E-state index in [2.05, 4.69) is 4.74 Å². The fourth-order valence-corrected chi connectivity index (χ4v) is 2.39. The monoisotopic (exact) mass is 626 g/mol. The number of rotatable bonds is 11. The molecule has 0 aromatic rings. The SMILES string of the molecule is FC(F)(F)C(F)(F)C(F)(F)C(F)(F)C(F)(F)C(F)(F)C(F)(F)C(F)(F)C(F)(F)C(F)(F)C(F)(F)CC1CO1. The molecule has 0 aromatic carbocycles. The second-order valence-electron chi connectivity index (χ2n) is 7.53. The van der Waals surface area contributed by atoms with Crippen molar-refractivity contribution in [3.05, 3.63) is 0 Å². The van der Waals surface area contributed by atoms with E-state index in [1.54, 1.807) is 0 Å². The maximum absolute atomic E-state index is 13.6. The van der Waals surface area contributed by atoms with E-state index in [1.807, 2.05) is 0 Å². The number of hydrogen-bond acceptors (Lipinski definition) is 1. The number of epoxide rings is 1. The average Bonchev–Trinajstić information content (AvgIpc) is 3.48. The molecule has 0 radical (unpaired) electrons. The van der Waals surface area contributed by atoms with E-state index in [0.717, 1.165) is 0 Å². The third-order valence-electron chi connectivity index (χ3n) is 4.86. The van der Waals surface area contributed by atoms with Gasteiger partial charge in [0, 0.05) is 6.42 Å². The lowest BCUT2D eigenvalue weighted by molar-refractivity contribution is -0.478. The summed E-state index contributed by atoms with van der Waals surface area (Å²) in [6.07, 6.45) is -13.0. The van der Waals surface area contributed by atoms with Gasteiger partial charge < -0.3 is 4.74 Å². The van der Waals surface area contributed by atoms with Crippen LogP contribution in [0.15, 0.2) is 0 Å². The highest BCUT2D eigenvalue weighted by Gasteiger charge is 2.98. The van der Waals surface area contributed by atoms with Crippen molar-refractivity contribution in [1.82, 2.24) is 0 Å². The predicted molar refractivity (Wildman–Crippen MR) is 69.9 cm³/mol. The van der Waals surface area contributed by atoms with Crippen LogP contribution in [0.1, 0.15) is 6.42 Å². The maximum Gasteiger partial charge on any atom is 0.460 e. The van der Waals surface area contributed by atoms with Crippen LogP contribution in [0.25, 0.3) is 0 Å². The van der Waals surface area contributed by atoms with E-state index in [9.17, 15) is 101 Å². The van der Waals surface area contributed by atoms with Crippen LogP contribution < -0.4 is 0 Å². The molecule has 1 nitrogen and oxygen atoms in total. The number of alkyl halides is 23. The standard InChI is InChI=1S/C14H5F23O/c15-4(16,1-3-2-38-3)5(17,18)6(19,20)7(21,22)8(23,24)9(25,26)10(27,28)11(29,30)12(31,32)13(33,34)14(35,36)37/h3H,1-2H2. The molecule has 38 heavy (non-hydrogen) atoms. The smallest absolute Gasteiger partial charge is 0.373 e. The molecule has 228 valence electrons. The molecule has 0 aliphatic carbocycles. The molecule has 1 saturated heterocycles. The van der Waals surface area contributed by atoms with Crippen molar-refractivity contribution >= 4 is 0 Å². The highest BCUT2D eigenvalue weighted by atomic mass is 19.4. The van der Waals surface area contributed by atoms with Gasteiger partial charge in [-0.3, -0.25) is 0 Å². The van der Waals surface area contributed by atoms with Crippen molar-refractivity contribution in [2.24, 2.45) is 0 Å². The summed E-state index contributed by atoms with van der Waals surface area (Å²) in [5.41, 5.74) is 0. The van der Waals surface area contributed by atoms with Crippen LogP contribution in [0, 0.1) is 0 Å². The van der Waals surface area contributed by atoms with Gasteiger partial charge in [0.1, 0.15) is 0 Å². The lowest BCUT2D eigenvalue weighted by atomic mass is 9.85. The summed E-state index contributed by atoms with van der Waals surface area (Å²) >= 11 is 0. The minimum absolute atomic E-state index is 0.972. The van der Waals surface area contributed by atoms with E-state index in [0.29, 0.717) is 0 Å². The minimum atomic E-state index is -9.37. The minimum Gasteiger partial charge on any atom is -0.373 e. The zero-order chi connectivity index (χ0) is 31.2. The summed E-state index contributed by atoms with van der Waals surface area (Å²) in [7, 11) is 0. The highest BCUT2D eigenvalue weighted by Crippen LogP contribution is 2.67. The Balaban J connectivity index is 3.75. The lowest BCUT2D eigenvalue weighted by Gasteiger charge is -2.45. The van der Waals surface area contributed by atoms with Crippen molar-refractivity contribution in [2.75, 3.05) is 6.61 Å². The van der Waals surface area contributed by atoms with Crippen LogP contribution in [0.5, 0.6) is 0 Å². The van der Waals surface area contributed by atoms with Gasteiger partial charge in [0.15, 0.2) is 0 Å². The topological polar surface area (TPSA) is 12.5 Å². The maximum atomic E-state index is 13.6. The second-order valence-corrected chi connectivity index (χ2v) is 7.53. The Kier molecular flexibility index (Phi) is 7.62. The summed E-state index contributed by atoms with van der Waals surface area (Å²) in [5.74, 6) is -87.1. The van der Waals surface area contributed by atoms with Crippen molar-refractivity contribution in [3.8, 4) is 0 Å². The van der Waals surface area contributed by atoms with Crippen LogP contribution in [-0.4, -0.2) is 78.1 Å². The van der Waals surface area contributed by atoms with Crippen LogP contribution in [0.2, 0.25) is 0 Å². The van der Waals surface area contributed by atoms with Crippen LogP contribution in [0.4, 0.5) is 101 Å². The first-order valence-corrected chi connectivity index (χ1v) is 8.54. The average molecular weight is 626 g/mol. The molecule has 1 unspecified atom stereocenters. The summed E-state index contributed by atoms with van der Waals surface area (Å²) in [5, 5.41) is 0. The Morgan fingerprint density at radius 3 is 0.789 bits per heavy atom. The molecule has 1 rings (SSSR count). The molecule has 1 fully saturated rings. The van der Waals surface area contributed by atoms with Gasteiger partial charge in [-0.15, -0.1) is 0 Å². The quantitative estimate of drug-likeness (QED) is 0.169. The Hall–Kier alpha value is -1.65. The Morgan fingerprint density at radius 1 is 0.368 bits per heavy atom. The molecule has 0 N–H and O–H groups in total.